The van der Waals surface area contributed by atoms with Gasteiger partial charge in [-0.2, -0.15) is 4.89 Å². The van der Waals surface area contributed by atoms with E-state index in [1.807, 2.05) is 42.5 Å². The van der Waals surface area contributed by atoms with E-state index in [9.17, 15) is 15.0 Å². The first-order valence-electron chi connectivity index (χ1n) is 15.3. The summed E-state index contributed by atoms with van der Waals surface area (Å²) in [7, 11) is 0. The Hall–Kier alpha value is -3.54. The lowest BCUT2D eigenvalue weighted by Gasteiger charge is -2.61. The van der Waals surface area contributed by atoms with Crippen molar-refractivity contribution in [1.29, 1.82) is 0 Å². The molecule has 3 heterocycles. The van der Waals surface area contributed by atoms with Crippen molar-refractivity contribution in [2.45, 2.75) is 64.9 Å². The van der Waals surface area contributed by atoms with Crippen LogP contribution in [0.5, 0.6) is 11.5 Å². The van der Waals surface area contributed by atoms with Crippen molar-refractivity contribution in [3.05, 3.63) is 77.9 Å². The number of aromatic hydroxyl groups is 2. The summed E-state index contributed by atoms with van der Waals surface area (Å²) in [5.74, 6) is -0.919. The number of rotatable bonds is 12. The van der Waals surface area contributed by atoms with Gasteiger partial charge in [-0.3, -0.25) is 4.79 Å². The Morgan fingerprint density at radius 2 is 1.87 bits per heavy atom. The van der Waals surface area contributed by atoms with Crippen molar-refractivity contribution in [2.24, 2.45) is 10.8 Å². The fourth-order valence-corrected chi connectivity index (χ4v) is 7.85. The van der Waals surface area contributed by atoms with Gasteiger partial charge in [-0.15, -0.1) is 11.3 Å². The van der Waals surface area contributed by atoms with Gasteiger partial charge in [-0.25, -0.2) is 9.87 Å². The number of phenolic OH excluding ortho intramolecular Hbond substituents is 2. The molecule has 1 aromatic heterocycles. The van der Waals surface area contributed by atoms with Crippen LogP contribution in [0.15, 0.2) is 66.7 Å². The summed E-state index contributed by atoms with van der Waals surface area (Å²) >= 11 is 1.54. The van der Waals surface area contributed by atoms with E-state index in [1.54, 1.807) is 24.3 Å². The van der Waals surface area contributed by atoms with Crippen LogP contribution in [0.2, 0.25) is 0 Å². The third kappa shape index (κ3) is 5.48. The normalized spacial score (nSPS) is 22.2. The van der Waals surface area contributed by atoms with Crippen LogP contribution in [-0.2, 0) is 36.4 Å². The third-order valence-corrected chi connectivity index (χ3v) is 10.1. The highest BCUT2D eigenvalue weighted by atomic mass is 32.1. The molecule has 6 rings (SSSR count). The Morgan fingerprint density at radius 1 is 1.04 bits per heavy atom. The summed E-state index contributed by atoms with van der Waals surface area (Å²) in [6.45, 7) is 10.0. The lowest BCUT2D eigenvalue weighted by Crippen LogP contribution is -2.74. The molecular formula is C35H40N2O7S. The van der Waals surface area contributed by atoms with Crippen molar-refractivity contribution < 1.29 is 34.3 Å². The number of phenols is 2. The van der Waals surface area contributed by atoms with Gasteiger partial charge in [0.15, 0.2) is 5.60 Å². The van der Waals surface area contributed by atoms with E-state index in [0.717, 1.165) is 27.2 Å². The topological polar surface area (TPSA) is 119 Å². The lowest BCUT2D eigenvalue weighted by molar-refractivity contribution is -0.628. The van der Waals surface area contributed by atoms with E-state index >= 15 is 0 Å². The third-order valence-electron chi connectivity index (χ3n) is 9.00. The van der Waals surface area contributed by atoms with Crippen LogP contribution in [0, 0.1) is 10.8 Å². The molecule has 2 atom stereocenters. The van der Waals surface area contributed by atoms with Crippen LogP contribution in [0.4, 0.5) is 0 Å². The number of thiazole rings is 1. The summed E-state index contributed by atoms with van der Waals surface area (Å²) in [6.07, 6.45) is 1.79. The van der Waals surface area contributed by atoms with E-state index in [1.165, 1.54) is 11.3 Å². The maximum atomic E-state index is 12.5. The summed E-state index contributed by atoms with van der Waals surface area (Å²) < 4.78 is 13.5. The number of para-hydroxylation sites is 1. The van der Waals surface area contributed by atoms with Crippen molar-refractivity contribution in [3.63, 3.8) is 0 Å². The minimum atomic E-state index is -1.15. The van der Waals surface area contributed by atoms with E-state index in [4.69, 9.17) is 19.2 Å². The molecule has 2 aliphatic rings. The van der Waals surface area contributed by atoms with Crippen LogP contribution >= 0.6 is 11.3 Å². The summed E-state index contributed by atoms with van der Waals surface area (Å²) in [4.78, 5) is 28.9. The van der Waals surface area contributed by atoms with E-state index in [2.05, 4.69) is 38.0 Å². The summed E-state index contributed by atoms with van der Waals surface area (Å²) in [6, 6.07) is 20.2. The number of amides is 1. The Kier molecular flexibility index (Phi) is 8.38. The summed E-state index contributed by atoms with van der Waals surface area (Å²) in [5, 5.41) is 24.5. The standard InChI is InChI=1S/C35H40N2O7S/c1-32(2,35-33(3,4)22-42-34(35,43-44-35)24-10-9-11-25(38)19-24)21-41-17-8-7-14-30(40)36-20-23-15-16-26(28(39)18-23)31-37-27-12-5-6-13-29(27)45-31/h5-6,9-13,15-16,18-19,38-39H,7-8,14,17,20-22H2,1-4H3,(H,36,40). The van der Waals surface area contributed by atoms with Crippen molar-refractivity contribution >= 4 is 27.5 Å². The average Bonchev–Trinajstić information content (AvgIpc) is 3.48. The van der Waals surface area contributed by atoms with Gasteiger partial charge in [-0.05, 0) is 54.8 Å². The lowest BCUT2D eigenvalue weighted by atomic mass is 9.57. The molecule has 0 radical (unpaired) electrons. The van der Waals surface area contributed by atoms with Crippen LogP contribution in [-0.4, -0.2) is 46.5 Å². The molecule has 238 valence electrons. The largest absolute Gasteiger partial charge is 0.508 e. The first-order chi connectivity index (χ1) is 21.5. The predicted octanol–water partition coefficient (Wildman–Crippen LogP) is 6.81. The van der Waals surface area contributed by atoms with Gasteiger partial charge in [0.25, 0.3) is 5.79 Å². The molecule has 2 unspecified atom stereocenters. The molecule has 0 spiro atoms. The first kappa shape index (κ1) is 31.4. The molecular weight excluding hydrogens is 592 g/mol. The first-order valence-corrected chi connectivity index (χ1v) is 16.1. The average molecular weight is 633 g/mol. The number of benzene rings is 3. The van der Waals surface area contributed by atoms with Gasteiger partial charge in [0.1, 0.15) is 16.5 Å². The molecule has 3 aromatic carbocycles. The molecule has 0 bridgehead atoms. The fourth-order valence-electron chi connectivity index (χ4n) is 6.85. The molecule has 3 N–H and O–H groups in total. The highest BCUT2D eigenvalue weighted by molar-refractivity contribution is 7.21. The Morgan fingerprint density at radius 3 is 2.60 bits per heavy atom. The second kappa shape index (κ2) is 12.0. The molecule has 2 fully saturated rings. The Labute approximate surface area is 267 Å². The van der Waals surface area contributed by atoms with Crippen LogP contribution < -0.4 is 5.32 Å². The smallest absolute Gasteiger partial charge is 0.261 e. The molecule has 4 aromatic rings. The number of nitrogens with one attached hydrogen (secondary N) is 1. The molecule has 1 amide bonds. The van der Waals surface area contributed by atoms with Gasteiger partial charge in [0.05, 0.1) is 29.0 Å². The van der Waals surface area contributed by atoms with Crippen molar-refractivity contribution in [3.8, 4) is 22.1 Å². The number of ether oxygens (including phenoxy) is 2. The minimum Gasteiger partial charge on any atom is -0.508 e. The number of carbonyl (C=O) groups is 1. The number of fused-ring (bicyclic) bond motifs is 2. The highest BCUT2D eigenvalue weighted by Crippen LogP contribution is 2.69. The molecule has 10 heteroatoms. The van der Waals surface area contributed by atoms with Gasteiger partial charge < -0.3 is 25.0 Å². The van der Waals surface area contributed by atoms with E-state index in [-0.39, 0.29) is 17.4 Å². The SMILES string of the molecule is CC(C)(COCCCCC(=O)NCc1ccc(-c2nc3ccccc3s2)c(O)c1)C12OOC1(c1cccc(O)c1)OCC2(C)C. The number of hydrogen-bond donors (Lipinski definition) is 3. The van der Waals surface area contributed by atoms with Gasteiger partial charge in [0, 0.05) is 36.0 Å². The molecule has 2 aliphatic heterocycles. The van der Waals surface area contributed by atoms with E-state index < -0.39 is 22.2 Å². The number of nitrogens with zero attached hydrogens (tertiary/aromatic N) is 1. The molecule has 9 nitrogen and oxygen atoms in total. The highest BCUT2D eigenvalue weighted by Gasteiger charge is 2.82. The predicted molar refractivity (Wildman–Crippen MR) is 171 cm³/mol. The zero-order valence-corrected chi connectivity index (χ0v) is 26.9. The van der Waals surface area contributed by atoms with Gasteiger partial charge in [0.2, 0.25) is 5.91 Å². The second-order valence-corrected chi connectivity index (χ2v) is 14.2. The van der Waals surface area contributed by atoms with E-state index in [0.29, 0.717) is 50.3 Å². The maximum Gasteiger partial charge on any atom is 0.261 e. The number of aromatic nitrogens is 1. The quantitative estimate of drug-likeness (QED) is 0.115. The number of unbranched alkanes of at least 4 members (excludes halogenated alkanes) is 1. The number of hydrogen-bond acceptors (Lipinski definition) is 9. The maximum absolute atomic E-state index is 12.5. The zero-order chi connectivity index (χ0) is 31.9. The van der Waals surface area contributed by atoms with Crippen molar-refractivity contribution in [2.75, 3.05) is 19.8 Å². The van der Waals surface area contributed by atoms with Gasteiger partial charge >= 0.3 is 0 Å². The Balaban J connectivity index is 0.963. The molecule has 2 saturated heterocycles. The van der Waals surface area contributed by atoms with Crippen LogP contribution in [0.25, 0.3) is 20.8 Å². The van der Waals surface area contributed by atoms with Gasteiger partial charge in [-0.1, -0.05) is 58.0 Å². The fraction of sp³-hybridized carbons (Fsp3) is 0.429. The molecule has 0 aliphatic carbocycles. The molecule has 45 heavy (non-hydrogen) atoms. The number of carbonyl (C=O) groups excluding carboxylic acids is 1. The monoisotopic (exact) mass is 632 g/mol. The van der Waals surface area contributed by atoms with Crippen molar-refractivity contribution in [1.82, 2.24) is 10.3 Å². The molecule has 0 saturated carbocycles. The Bertz CT molecular complexity index is 1670. The van der Waals surface area contributed by atoms with Crippen LogP contribution in [0.1, 0.15) is 58.1 Å². The summed E-state index contributed by atoms with van der Waals surface area (Å²) in [5.41, 5.74) is 1.36. The minimum absolute atomic E-state index is 0.0512. The van der Waals surface area contributed by atoms with Crippen LogP contribution in [0.3, 0.4) is 0 Å². The zero-order valence-electron chi connectivity index (χ0n) is 26.1. The second-order valence-electron chi connectivity index (χ2n) is 13.2.